The van der Waals surface area contributed by atoms with Crippen LogP contribution in [0.15, 0.2) is 17.5 Å². The van der Waals surface area contributed by atoms with Gasteiger partial charge in [0.05, 0.1) is 18.6 Å². The number of rotatable bonds is 2. The number of amides is 1. The van der Waals surface area contributed by atoms with Crippen LogP contribution in [0.25, 0.3) is 0 Å². The lowest BCUT2D eigenvalue weighted by molar-refractivity contribution is -0.282. The first-order chi connectivity index (χ1) is 10.2. The van der Waals surface area contributed by atoms with Crippen molar-refractivity contribution >= 4 is 17.2 Å². The van der Waals surface area contributed by atoms with Crippen LogP contribution in [0.4, 0.5) is 0 Å². The molecule has 114 valence electrons. The molecule has 21 heavy (non-hydrogen) atoms. The Morgan fingerprint density at radius 2 is 1.86 bits per heavy atom. The predicted molar refractivity (Wildman–Crippen MR) is 80.3 cm³/mol. The van der Waals surface area contributed by atoms with Crippen molar-refractivity contribution in [2.24, 2.45) is 0 Å². The summed E-state index contributed by atoms with van der Waals surface area (Å²) in [5.74, 6) is -0.0927. The van der Waals surface area contributed by atoms with Gasteiger partial charge >= 0.3 is 0 Å². The normalized spacial score (nSPS) is 26.8. The van der Waals surface area contributed by atoms with Gasteiger partial charge in [0, 0.05) is 30.8 Å². The molecule has 1 aromatic rings. The maximum atomic E-state index is 12.9. The van der Waals surface area contributed by atoms with Crippen LogP contribution in [0.2, 0.25) is 0 Å². The van der Waals surface area contributed by atoms with Gasteiger partial charge in [-0.25, -0.2) is 0 Å². The Kier molecular flexibility index (Phi) is 3.32. The number of hydrogen-bond acceptors (Lipinski definition) is 4. The van der Waals surface area contributed by atoms with E-state index in [-0.39, 0.29) is 5.41 Å². The summed E-state index contributed by atoms with van der Waals surface area (Å²) in [5, 5.41) is 2.07. The maximum absolute atomic E-state index is 12.9. The summed E-state index contributed by atoms with van der Waals surface area (Å²) in [7, 11) is 0. The van der Waals surface area contributed by atoms with Crippen molar-refractivity contribution in [2.75, 3.05) is 26.3 Å². The second kappa shape index (κ2) is 5.07. The molecular weight excluding hydrogens is 286 g/mol. The number of carbonyl (C=O) groups excluding carboxylic acids is 1. The third-order valence-corrected chi connectivity index (χ3v) is 6.06. The molecule has 0 N–H and O–H groups in total. The van der Waals surface area contributed by atoms with Gasteiger partial charge in [0.15, 0.2) is 5.79 Å². The summed E-state index contributed by atoms with van der Waals surface area (Å²) in [6.07, 6.45) is 4.59. The second-order valence-electron chi connectivity index (χ2n) is 6.31. The fraction of sp³-hybridized carbons (Fsp3) is 0.688. The maximum Gasteiger partial charge on any atom is 0.234 e. The van der Waals surface area contributed by atoms with Crippen molar-refractivity contribution in [1.82, 2.24) is 4.90 Å². The molecule has 3 fully saturated rings. The molecule has 2 saturated heterocycles. The highest BCUT2D eigenvalue weighted by atomic mass is 32.1. The molecule has 5 heteroatoms. The average Bonchev–Trinajstić information content (AvgIpc) is 3.15. The van der Waals surface area contributed by atoms with Crippen molar-refractivity contribution < 1.29 is 14.3 Å². The number of ether oxygens (including phenoxy) is 2. The van der Waals surface area contributed by atoms with Crippen LogP contribution in [0.3, 0.4) is 0 Å². The summed E-state index contributed by atoms with van der Waals surface area (Å²) < 4.78 is 11.7. The molecule has 1 amide bonds. The lowest BCUT2D eigenvalue weighted by atomic mass is 9.98. The predicted octanol–water partition coefficient (Wildman–Crippen LogP) is 2.54. The first-order valence-corrected chi connectivity index (χ1v) is 8.73. The Balaban J connectivity index is 1.43. The summed E-state index contributed by atoms with van der Waals surface area (Å²) in [6.45, 7) is 3.08. The SMILES string of the molecule is O=C(N1CCC2(CC1)OCCCO2)C1(c2cccs2)CC1. The zero-order valence-electron chi connectivity index (χ0n) is 12.2. The van der Waals surface area contributed by atoms with Crippen LogP contribution >= 0.6 is 11.3 Å². The van der Waals surface area contributed by atoms with Gasteiger partial charge in [-0.05, 0) is 30.7 Å². The Hall–Kier alpha value is -0.910. The number of carbonyl (C=O) groups is 1. The van der Waals surface area contributed by atoms with Gasteiger partial charge in [-0.1, -0.05) is 6.07 Å². The molecular formula is C16H21NO3S. The Morgan fingerprint density at radius 1 is 1.14 bits per heavy atom. The number of likely N-dealkylation sites (tertiary alicyclic amines) is 1. The zero-order chi connectivity index (χ0) is 14.3. The fourth-order valence-corrected chi connectivity index (χ4v) is 4.48. The van der Waals surface area contributed by atoms with Crippen LogP contribution in [0.5, 0.6) is 0 Å². The third kappa shape index (κ3) is 2.31. The zero-order valence-corrected chi connectivity index (χ0v) is 13.0. The standard InChI is InChI=1S/C16H21NO3S/c18-14(15(4-5-15)13-3-1-12-21-13)17-8-6-16(7-9-17)19-10-2-11-20-16/h1,3,12H,2,4-11H2. The van der Waals surface area contributed by atoms with E-state index in [2.05, 4.69) is 11.4 Å². The van der Waals surface area contributed by atoms with E-state index in [1.54, 1.807) is 11.3 Å². The third-order valence-electron chi connectivity index (χ3n) is 4.98. The minimum Gasteiger partial charge on any atom is -0.350 e. The van der Waals surface area contributed by atoms with Crippen LogP contribution in [0.1, 0.15) is 37.0 Å². The minimum atomic E-state index is -0.408. The monoisotopic (exact) mass is 307 g/mol. The number of nitrogens with zero attached hydrogens (tertiary/aromatic N) is 1. The average molecular weight is 307 g/mol. The molecule has 2 aliphatic heterocycles. The molecule has 3 heterocycles. The smallest absolute Gasteiger partial charge is 0.234 e. The first-order valence-electron chi connectivity index (χ1n) is 7.86. The van der Waals surface area contributed by atoms with Gasteiger partial charge in [-0.2, -0.15) is 0 Å². The fourth-order valence-electron chi connectivity index (χ4n) is 3.50. The first kappa shape index (κ1) is 13.7. The molecule has 0 aromatic carbocycles. The van der Waals surface area contributed by atoms with Crippen LogP contribution in [0, 0.1) is 0 Å². The van der Waals surface area contributed by atoms with Gasteiger partial charge in [-0.15, -0.1) is 11.3 Å². The Morgan fingerprint density at radius 3 is 2.43 bits per heavy atom. The van der Waals surface area contributed by atoms with Crippen molar-refractivity contribution in [3.63, 3.8) is 0 Å². The molecule has 1 saturated carbocycles. The second-order valence-corrected chi connectivity index (χ2v) is 7.26. The van der Waals surface area contributed by atoms with Crippen molar-refractivity contribution in [1.29, 1.82) is 0 Å². The summed E-state index contributed by atoms with van der Waals surface area (Å²) in [4.78, 5) is 16.2. The van der Waals surface area contributed by atoms with Crippen molar-refractivity contribution in [2.45, 2.75) is 43.3 Å². The Bertz CT molecular complexity index is 508. The van der Waals surface area contributed by atoms with Crippen molar-refractivity contribution in [3.8, 4) is 0 Å². The molecule has 0 atom stereocenters. The van der Waals surface area contributed by atoms with Crippen LogP contribution < -0.4 is 0 Å². The van der Waals surface area contributed by atoms with E-state index in [1.807, 2.05) is 11.0 Å². The molecule has 1 aromatic heterocycles. The van der Waals surface area contributed by atoms with E-state index >= 15 is 0 Å². The largest absolute Gasteiger partial charge is 0.350 e. The summed E-state index contributed by atoms with van der Waals surface area (Å²) >= 11 is 1.71. The van der Waals surface area contributed by atoms with E-state index < -0.39 is 5.79 Å². The molecule has 0 bridgehead atoms. The Labute approximate surface area is 129 Å². The van der Waals surface area contributed by atoms with Gasteiger partial charge in [0.1, 0.15) is 0 Å². The van der Waals surface area contributed by atoms with E-state index in [4.69, 9.17) is 9.47 Å². The highest BCUT2D eigenvalue weighted by Crippen LogP contribution is 2.51. The van der Waals surface area contributed by atoms with Gasteiger partial charge < -0.3 is 14.4 Å². The van der Waals surface area contributed by atoms with E-state index in [9.17, 15) is 4.79 Å². The number of thiophene rings is 1. The molecule has 0 unspecified atom stereocenters. The number of piperidine rings is 1. The minimum absolute atomic E-state index is 0.201. The molecule has 1 spiro atoms. The van der Waals surface area contributed by atoms with E-state index in [0.29, 0.717) is 5.91 Å². The molecule has 0 radical (unpaired) electrons. The quantitative estimate of drug-likeness (QED) is 0.843. The lowest BCUT2D eigenvalue weighted by Crippen LogP contribution is -2.53. The highest BCUT2D eigenvalue weighted by molar-refractivity contribution is 7.10. The number of hydrogen-bond donors (Lipinski definition) is 0. The molecule has 1 aliphatic carbocycles. The van der Waals surface area contributed by atoms with Crippen LogP contribution in [-0.4, -0.2) is 42.9 Å². The molecule has 4 rings (SSSR count). The van der Waals surface area contributed by atoms with Gasteiger partial charge in [0.25, 0.3) is 0 Å². The van der Waals surface area contributed by atoms with Gasteiger partial charge in [-0.3, -0.25) is 4.79 Å². The van der Waals surface area contributed by atoms with E-state index in [1.165, 1.54) is 4.88 Å². The lowest BCUT2D eigenvalue weighted by Gasteiger charge is -2.44. The van der Waals surface area contributed by atoms with Crippen LogP contribution in [-0.2, 0) is 19.7 Å². The molecule has 3 aliphatic rings. The summed E-state index contributed by atoms with van der Waals surface area (Å²) in [6, 6.07) is 4.15. The molecule has 4 nitrogen and oxygen atoms in total. The van der Waals surface area contributed by atoms with E-state index in [0.717, 1.165) is 58.4 Å². The summed E-state index contributed by atoms with van der Waals surface area (Å²) in [5.41, 5.74) is -0.201. The highest BCUT2D eigenvalue weighted by Gasteiger charge is 2.54. The topological polar surface area (TPSA) is 38.8 Å². The van der Waals surface area contributed by atoms with Gasteiger partial charge in [0.2, 0.25) is 5.91 Å². The van der Waals surface area contributed by atoms with Crippen molar-refractivity contribution in [3.05, 3.63) is 22.4 Å².